The molecule has 1 radical (unpaired) electrons. The zero-order valence-corrected chi connectivity index (χ0v) is 17.6. The number of nitrogens with zero attached hydrogens (tertiary/aromatic N) is 2. The van der Waals surface area contributed by atoms with E-state index >= 15 is 0 Å². The van der Waals surface area contributed by atoms with Gasteiger partial charge in [-0.15, -0.1) is 0 Å². The SMILES string of the molecule is O=C([O-])CN(CCN(CC(=O)[O-])CC(=O)[O-])CC(=O)[O-].[Cu].[Na+].[Na+]. The van der Waals surface area contributed by atoms with Crippen molar-refractivity contribution >= 4 is 23.9 Å². The van der Waals surface area contributed by atoms with E-state index in [9.17, 15) is 39.6 Å². The van der Waals surface area contributed by atoms with Gasteiger partial charge in [-0.2, -0.15) is 0 Å². The van der Waals surface area contributed by atoms with Crippen molar-refractivity contribution < 1.29 is 116 Å². The van der Waals surface area contributed by atoms with E-state index in [-0.39, 0.29) is 89.3 Å². The molecular weight excluding hydrogens is 386 g/mol. The molecule has 13 heteroatoms. The van der Waals surface area contributed by atoms with Gasteiger partial charge in [0.15, 0.2) is 0 Å². The molecule has 0 aromatic carbocycles. The van der Waals surface area contributed by atoms with E-state index < -0.39 is 50.1 Å². The normalized spacial score (nSPS) is 9.30. The summed E-state index contributed by atoms with van der Waals surface area (Å²) in [6, 6.07) is 0. The van der Waals surface area contributed by atoms with Gasteiger partial charge in [-0.05, 0) is 0 Å². The Balaban J connectivity index is -0.000000602. The molecule has 125 valence electrons. The van der Waals surface area contributed by atoms with Crippen LogP contribution in [-0.2, 0) is 36.2 Å². The second kappa shape index (κ2) is 17.2. The number of hydrogen-bond acceptors (Lipinski definition) is 10. The third-order valence-electron chi connectivity index (χ3n) is 2.14. The number of hydrogen-bond donors (Lipinski definition) is 0. The summed E-state index contributed by atoms with van der Waals surface area (Å²) in [5, 5.41) is 41.6. The minimum Gasteiger partial charge on any atom is -0.549 e. The number of rotatable bonds is 11. The molecule has 23 heavy (non-hydrogen) atoms. The predicted molar refractivity (Wildman–Crippen MR) is 52.9 cm³/mol. The molecule has 0 aliphatic heterocycles. The molecule has 0 fully saturated rings. The standard InChI is InChI=1S/C10H16N2O8.Cu.2Na/c13-7(14)3-11(4-8(15)16)1-2-12(5-9(17)18)6-10(19)20;;;/h1-6H2,(H,13,14)(H,15,16)(H,17,18)(H,19,20);;;/q;;2*+1/p-4. The van der Waals surface area contributed by atoms with Crippen LogP contribution in [-0.4, -0.2) is 72.9 Å². The van der Waals surface area contributed by atoms with Crippen LogP contribution in [0.2, 0.25) is 0 Å². The molecule has 10 nitrogen and oxygen atoms in total. The van der Waals surface area contributed by atoms with E-state index in [1.165, 1.54) is 0 Å². The van der Waals surface area contributed by atoms with Crippen LogP contribution >= 0.6 is 0 Å². The maximum Gasteiger partial charge on any atom is 1.00 e. The van der Waals surface area contributed by atoms with Crippen molar-refractivity contribution in [3.63, 3.8) is 0 Å². The van der Waals surface area contributed by atoms with Crippen LogP contribution in [0.3, 0.4) is 0 Å². The van der Waals surface area contributed by atoms with E-state index in [1.54, 1.807) is 0 Å². The Kier molecular flexibility index (Phi) is 23.2. The number of aliphatic carboxylic acids is 4. The van der Waals surface area contributed by atoms with Gasteiger partial charge in [0.1, 0.15) is 0 Å². The molecule has 0 rings (SSSR count). The zero-order valence-electron chi connectivity index (χ0n) is 12.7. The van der Waals surface area contributed by atoms with Crippen LogP contribution in [0.4, 0.5) is 0 Å². The molecule has 0 atom stereocenters. The minimum absolute atomic E-state index is 0. The van der Waals surface area contributed by atoms with Crippen molar-refractivity contribution in [2.24, 2.45) is 0 Å². The summed E-state index contributed by atoms with van der Waals surface area (Å²) in [7, 11) is 0. The van der Waals surface area contributed by atoms with Gasteiger partial charge in [-0.1, -0.05) is 0 Å². The molecule has 0 saturated heterocycles. The molecule has 0 aromatic rings. The van der Waals surface area contributed by atoms with Gasteiger partial charge in [0.05, 0.1) is 23.9 Å². The molecule has 0 amide bonds. The van der Waals surface area contributed by atoms with E-state index in [2.05, 4.69) is 0 Å². The van der Waals surface area contributed by atoms with Gasteiger partial charge >= 0.3 is 59.1 Å². The molecule has 0 saturated carbocycles. The first-order valence-corrected chi connectivity index (χ1v) is 5.44. The van der Waals surface area contributed by atoms with Crippen LogP contribution in [0.5, 0.6) is 0 Å². The third kappa shape index (κ3) is 20.3. The average Bonchev–Trinajstić information content (AvgIpc) is 2.22. The van der Waals surface area contributed by atoms with Crippen molar-refractivity contribution in [1.82, 2.24) is 9.80 Å². The Morgan fingerprint density at radius 1 is 0.565 bits per heavy atom. The molecule has 0 aliphatic carbocycles. The van der Waals surface area contributed by atoms with Gasteiger partial charge in [-0.3, -0.25) is 9.80 Å². The van der Waals surface area contributed by atoms with Gasteiger partial charge in [-0.25, -0.2) is 0 Å². The fraction of sp³-hybridized carbons (Fsp3) is 0.600. The summed E-state index contributed by atoms with van der Waals surface area (Å²) in [5.74, 6) is -6.12. The smallest absolute Gasteiger partial charge is 0.549 e. The molecule has 0 heterocycles. The fourth-order valence-corrected chi connectivity index (χ4v) is 1.44. The maximum atomic E-state index is 10.4. The zero-order chi connectivity index (χ0) is 15.7. The van der Waals surface area contributed by atoms with E-state index in [0.717, 1.165) is 9.80 Å². The first-order valence-electron chi connectivity index (χ1n) is 5.44. The Hall–Kier alpha value is 0.319. The first kappa shape index (κ1) is 31.1. The van der Waals surface area contributed by atoms with Gasteiger partial charge in [0, 0.05) is 56.3 Å². The number of carboxylic acids is 4. The third-order valence-corrected chi connectivity index (χ3v) is 2.14. The number of carbonyl (C=O) groups is 4. The second-order valence-electron chi connectivity index (χ2n) is 3.91. The average molecular weight is 398 g/mol. The van der Waals surface area contributed by atoms with Crippen LogP contribution in [0.15, 0.2) is 0 Å². The predicted octanol–water partition coefficient (Wildman–Crippen LogP) is -13.4. The molecule has 0 spiro atoms. The Morgan fingerprint density at radius 2 is 0.739 bits per heavy atom. The van der Waals surface area contributed by atoms with Crippen molar-refractivity contribution in [2.45, 2.75) is 0 Å². The monoisotopic (exact) mass is 397 g/mol. The van der Waals surface area contributed by atoms with Crippen molar-refractivity contribution in [3.05, 3.63) is 0 Å². The van der Waals surface area contributed by atoms with E-state index in [0.29, 0.717) is 0 Å². The van der Waals surface area contributed by atoms with Gasteiger partial charge in [0.25, 0.3) is 0 Å². The van der Waals surface area contributed by atoms with Crippen LogP contribution in [0.25, 0.3) is 0 Å². The topological polar surface area (TPSA) is 167 Å². The van der Waals surface area contributed by atoms with Gasteiger partial charge in [0.2, 0.25) is 0 Å². The molecule has 0 N–H and O–H groups in total. The molecule has 0 aliphatic rings. The van der Waals surface area contributed by atoms with E-state index in [1.807, 2.05) is 0 Å². The quantitative estimate of drug-likeness (QED) is 0.305. The summed E-state index contributed by atoms with van der Waals surface area (Å²) in [6.07, 6.45) is 0. The van der Waals surface area contributed by atoms with Crippen LogP contribution < -0.4 is 79.5 Å². The summed E-state index contributed by atoms with van der Waals surface area (Å²) in [4.78, 5) is 43.4. The van der Waals surface area contributed by atoms with Crippen molar-refractivity contribution in [3.8, 4) is 0 Å². The van der Waals surface area contributed by atoms with E-state index in [4.69, 9.17) is 0 Å². The van der Waals surface area contributed by atoms with Crippen LogP contribution in [0, 0.1) is 0 Å². The Labute approximate surface area is 187 Å². The Bertz CT molecular complexity index is 331. The summed E-state index contributed by atoms with van der Waals surface area (Å²) in [6.45, 7) is -3.25. The maximum absolute atomic E-state index is 10.4. The summed E-state index contributed by atoms with van der Waals surface area (Å²) >= 11 is 0. The van der Waals surface area contributed by atoms with Crippen LogP contribution in [0.1, 0.15) is 0 Å². The second-order valence-corrected chi connectivity index (χ2v) is 3.91. The minimum atomic E-state index is -1.53. The number of carboxylic acid groups (broad SMARTS) is 4. The molecule has 0 unspecified atom stereocenters. The van der Waals surface area contributed by atoms with Crippen molar-refractivity contribution in [2.75, 3.05) is 39.3 Å². The molecule has 0 bridgehead atoms. The van der Waals surface area contributed by atoms with Gasteiger partial charge < -0.3 is 39.6 Å². The molecule has 0 aromatic heterocycles. The largest absolute Gasteiger partial charge is 1.00 e. The van der Waals surface area contributed by atoms with Crippen molar-refractivity contribution in [1.29, 1.82) is 0 Å². The molecular formula is C10H12CuN2Na2O8-2. The first-order chi connectivity index (χ1) is 9.20. The summed E-state index contributed by atoms with van der Waals surface area (Å²) in [5.41, 5.74) is 0. The number of carbonyl (C=O) groups excluding carboxylic acids is 4. The Morgan fingerprint density at radius 3 is 0.870 bits per heavy atom. The fourth-order valence-electron chi connectivity index (χ4n) is 1.44. The summed E-state index contributed by atoms with van der Waals surface area (Å²) < 4.78 is 0.